The van der Waals surface area contributed by atoms with E-state index in [-0.39, 0.29) is 0 Å². The number of rotatable bonds is 6. The summed E-state index contributed by atoms with van der Waals surface area (Å²) in [6, 6.07) is 9.73. The number of benzene rings is 1. The first-order chi connectivity index (χ1) is 8.42. The number of fused-ring (bicyclic) bond motifs is 1. The molecule has 90 valence electrons. The summed E-state index contributed by atoms with van der Waals surface area (Å²) in [4.78, 5) is 4.27. The SMILES string of the molecule is ClCCOCCOc1cccc2ncccc12. The van der Waals surface area contributed by atoms with Crippen LogP contribution in [0.5, 0.6) is 5.75 Å². The van der Waals surface area contributed by atoms with E-state index in [9.17, 15) is 0 Å². The Bertz CT molecular complexity index is 470. The fourth-order valence-electron chi connectivity index (χ4n) is 1.57. The lowest BCUT2D eigenvalue weighted by molar-refractivity contribution is 0.112. The summed E-state index contributed by atoms with van der Waals surface area (Å²) < 4.78 is 10.9. The maximum absolute atomic E-state index is 5.66. The van der Waals surface area contributed by atoms with E-state index in [1.54, 1.807) is 6.20 Å². The first-order valence-corrected chi connectivity index (χ1v) is 6.05. The summed E-state index contributed by atoms with van der Waals surface area (Å²) in [6.07, 6.45) is 1.77. The molecule has 0 saturated carbocycles. The van der Waals surface area contributed by atoms with Gasteiger partial charge in [0.25, 0.3) is 0 Å². The molecule has 2 aromatic rings. The van der Waals surface area contributed by atoms with E-state index in [4.69, 9.17) is 21.1 Å². The molecular formula is C13H14ClNO2. The summed E-state index contributed by atoms with van der Waals surface area (Å²) in [5.41, 5.74) is 0.937. The van der Waals surface area contributed by atoms with E-state index in [0.29, 0.717) is 25.7 Å². The Balaban J connectivity index is 1.98. The van der Waals surface area contributed by atoms with Gasteiger partial charge in [0.1, 0.15) is 12.4 Å². The van der Waals surface area contributed by atoms with Crippen LogP contribution in [0.3, 0.4) is 0 Å². The lowest BCUT2D eigenvalue weighted by Gasteiger charge is -2.08. The highest BCUT2D eigenvalue weighted by Gasteiger charge is 2.01. The molecular weight excluding hydrogens is 238 g/mol. The molecule has 0 unspecified atom stereocenters. The molecule has 0 atom stereocenters. The molecule has 1 aromatic carbocycles. The largest absolute Gasteiger partial charge is 0.490 e. The highest BCUT2D eigenvalue weighted by Crippen LogP contribution is 2.23. The molecule has 0 radical (unpaired) electrons. The lowest BCUT2D eigenvalue weighted by atomic mass is 10.2. The van der Waals surface area contributed by atoms with Crippen LogP contribution in [0.15, 0.2) is 36.5 Å². The molecule has 0 bridgehead atoms. The molecule has 1 aromatic heterocycles. The zero-order chi connectivity index (χ0) is 11.9. The molecule has 1 heterocycles. The van der Waals surface area contributed by atoms with Crippen LogP contribution < -0.4 is 4.74 Å². The molecule has 0 amide bonds. The summed E-state index contributed by atoms with van der Waals surface area (Å²) in [6.45, 7) is 1.62. The summed E-state index contributed by atoms with van der Waals surface area (Å²) >= 11 is 5.50. The number of hydrogen-bond acceptors (Lipinski definition) is 3. The van der Waals surface area contributed by atoms with E-state index < -0.39 is 0 Å². The van der Waals surface area contributed by atoms with Crippen LogP contribution in [0.25, 0.3) is 10.9 Å². The van der Waals surface area contributed by atoms with Gasteiger partial charge in [-0.3, -0.25) is 4.98 Å². The predicted octanol–water partition coefficient (Wildman–Crippen LogP) is 2.87. The highest BCUT2D eigenvalue weighted by molar-refractivity contribution is 6.17. The second kappa shape index (κ2) is 6.42. The van der Waals surface area contributed by atoms with Gasteiger partial charge in [-0.15, -0.1) is 11.6 Å². The first kappa shape index (κ1) is 12.1. The van der Waals surface area contributed by atoms with E-state index in [2.05, 4.69) is 4.98 Å². The van der Waals surface area contributed by atoms with E-state index in [0.717, 1.165) is 16.7 Å². The molecule has 0 saturated heterocycles. The third-order valence-electron chi connectivity index (χ3n) is 2.31. The summed E-state index contributed by atoms with van der Waals surface area (Å²) in [5, 5.41) is 1.02. The van der Waals surface area contributed by atoms with Crippen LogP contribution >= 0.6 is 11.6 Å². The molecule has 2 rings (SSSR count). The Morgan fingerprint density at radius 3 is 2.88 bits per heavy atom. The van der Waals surface area contributed by atoms with Crippen LogP contribution in [-0.2, 0) is 4.74 Å². The minimum absolute atomic E-state index is 0.512. The number of hydrogen-bond donors (Lipinski definition) is 0. The maximum Gasteiger partial charge on any atom is 0.128 e. The number of nitrogens with zero attached hydrogens (tertiary/aromatic N) is 1. The molecule has 0 aliphatic rings. The van der Waals surface area contributed by atoms with Crippen LogP contribution in [0.4, 0.5) is 0 Å². The zero-order valence-electron chi connectivity index (χ0n) is 9.43. The third kappa shape index (κ3) is 3.32. The number of aromatic nitrogens is 1. The normalized spacial score (nSPS) is 10.6. The second-order valence-electron chi connectivity index (χ2n) is 3.48. The van der Waals surface area contributed by atoms with Gasteiger partial charge in [-0.1, -0.05) is 6.07 Å². The molecule has 17 heavy (non-hydrogen) atoms. The van der Waals surface area contributed by atoms with E-state index in [1.807, 2.05) is 30.3 Å². The monoisotopic (exact) mass is 251 g/mol. The van der Waals surface area contributed by atoms with Crippen LogP contribution in [-0.4, -0.2) is 30.7 Å². The van der Waals surface area contributed by atoms with Gasteiger partial charge in [0.05, 0.1) is 18.7 Å². The zero-order valence-corrected chi connectivity index (χ0v) is 10.2. The number of pyridine rings is 1. The Labute approximate surface area is 105 Å². The molecule has 0 aliphatic heterocycles. The lowest BCUT2D eigenvalue weighted by Crippen LogP contribution is -2.08. The Hall–Kier alpha value is -1.32. The summed E-state index contributed by atoms with van der Waals surface area (Å²) in [5.74, 6) is 1.35. The predicted molar refractivity (Wildman–Crippen MR) is 68.8 cm³/mol. The minimum Gasteiger partial charge on any atom is -0.490 e. The van der Waals surface area contributed by atoms with Crippen molar-refractivity contribution in [2.24, 2.45) is 0 Å². The number of ether oxygens (including phenoxy) is 2. The molecule has 0 aliphatic carbocycles. The molecule has 0 N–H and O–H groups in total. The molecule has 0 fully saturated rings. The smallest absolute Gasteiger partial charge is 0.128 e. The van der Waals surface area contributed by atoms with Crippen molar-refractivity contribution in [2.75, 3.05) is 25.7 Å². The van der Waals surface area contributed by atoms with Crippen molar-refractivity contribution in [3.63, 3.8) is 0 Å². The van der Waals surface area contributed by atoms with Gasteiger partial charge < -0.3 is 9.47 Å². The van der Waals surface area contributed by atoms with Crippen LogP contribution in [0.2, 0.25) is 0 Å². The van der Waals surface area contributed by atoms with E-state index in [1.165, 1.54) is 0 Å². The van der Waals surface area contributed by atoms with Gasteiger partial charge in [0, 0.05) is 17.5 Å². The Morgan fingerprint density at radius 1 is 1.06 bits per heavy atom. The fourth-order valence-corrected chi connectivity index (χ4v) is 1.68. The Kier molecular flexibility index (Phi) is 4.59. The van der Waals surface area contributed by atoms with Gasteiger partial charge >= 0.3 is 0 Å². The van der Waals surface area contributed by atoms with Gasteiger partial charge in [0.2, 0.25) is 0 Å². The number of halogens is 1. The van der Waals surface area contributed by atoms with E-state index >= 15 is 0 Å². The third-order valence-corrected chi connectivity index (χ3v) is 2.47. The molecule has 0 spiro atoms. The van der Waals surface area contributed by atoms with Gasteiger partial charge in [-0.2, -0.15) is 0 Å². The van der Waals surface area contributed by atoms with Crippen molar-refractivity contribution in [2.45, 2.75) is 0 Å². The van der Waals surface area contributed by atoms with Gasteiger partial charge in [-0.25, -0.2) is 0 Å². The van der Waals surface area contributed by atoms with Gasteiger partial charge in [0.15, 0.2) is 0 Å². The molecule has 3 nitrogen and oxygen atoms in total. The quantitative estimate of drug-likeness (QED) is 0.584. The van der Waals surface area contributed by atoms with Crippen molar-refractivity contribution in [1.82, 2.24) is 4.98 Å². The second-order valence-corrected chi connectivity index (χ2v) is 3.85. The van der Waals surface area contributed by atoms with Crippen molar-refractivity contribution >= 4 is 22.5 Å². The standard InChI is InChI=1S/C13H14ClNO2/c14-6-8-16-9-10-17-13-5-1-4-12-11(13)3-2-7-15-12/h1-5,7H,6,8-10H2. The minimum atomic E-state index is 0.512. The summed E-state index contributed by atoms with van der Waals surface area (Å²) in [7, 11) is 0. The van der Waals surface area contributed by atoms with Crippen LogP contribution in [0.1, 0.15) is 0 Å². The van der Waals surface area contributed by atoms with Crippen molar-refractivity contribution in [3.05, 3.63) is 36.5 Å². The maximum atomic E-state index is 5.66. The average Bonchev–Trinajstić information content (AvgIpc) is 2.39. The molecule has 4 heteroatoms. The first-order valence-electron chi connectivity index (χ1n) is 5.52. The Morgan fingerprint density at radius 2 is 2.00 bits per heavy atom. The number of alkyl halides is 1. The van der Waals surface area contributed by atoms with Crippen molar-refractivity contribution < 1.29 is 9.47 Å². The van der Waals surface area contributed by atoms with Gasteiger partial charge in [-0.05, 0) is 24.3 Å². The van der Waals surface area contributed by atoms with Crippen molar-refractivity contribution in [3.8, 4) is 5.75 Å². The van der Waals surface area contributed by atoms with Crippen LogP contribution in [0, 0.1) is 0 Å². The fraction of sp³-hybridized carbons (Fsp3) is 0.308. The average molecular weight is 252 g/mol. The highest BCUT2D eigenvalue weighted by atomic mass is 35.5. The topological polar surface area (TPSA) is 31.4 Å². The van der Waals surface area contributed by atoms with Crippen molar-refractivity contribution in [1.29, 1.82) is 0 Å².